The molecule has 1 aliphatic rings. The molecule has 0 bridgehead atoms. The van der Waals surface area contributed by atoms with Gasteiger partial charge in [-0.2, -0.15) is 0 Å². The number of aromatic nitrogens is 2. The van der Waals surface area contributed by atoms with Crippen molar-refractivity contribution in [2.75, 3.05) is 13.2 Å². The Bertz CT molecular complexity index is 1080. The highest BCUT2D eigenvalue weighted by molar-refractivity contribution is 6.31. The van der Waals surface area contributed by atoms with Crippen LogP contribution in [0.2, 0.25) is 5.02 Å². The summed E-state index contributed by atoms with van der Waals surface area (Å²) < 4.78 is 19.3. The van der Waals surface area contributed by atoms with E-state index in [-0.39, 0.29) is 31.4 Å². The van der Waals surface area contributed by atoms with Crippen LogP contribution in [-0.2, 0) is 40.6 Å². The highest BCUT2D eigenvalue weighted by atomic mass is 35.5. The van der Waals surface area contributed by atoms with E-state index in [1.54, 1.807) is 0 Å². The lowest BCUT2D eigenvalue weighted by Crippen LogP contribution is -2.51. The van der Waals surface area contributed by atoms with Crippen molar-refractivity contribution in [1.82, 2.24) is 9.55 Å². The Labute approximate surface area is 184 Å². The molecule has 4 rings (SSSR count). The van der Waals surface area contributed by atoms with Crippen LogP contribution in [0.4, 0.5) is 0 Å². The third kappa shape index (κ3) is 5.14. The number of fused-ring (bicyclic) bond motifs is 1. The Morgan fingerprint density at radius 2 is 1.48 bits per heavy atom. The van der Waals surface area contributed by atoms with Gasteiger partial charge in [0.15, 0.2) is 0 Å². The van der Waals surface area contributed by atoms with Gasteiger partial charge in [-0.05, 0) is 11.1 Å². The van der Waals surface area contributed by atoms with Crippen LogP contribution in [0.3, 0.4) is 0 Å². The fourth-order valence-corrected chi connectivity index (χ4v) is 3.76. The van der Waals surface area contributed by atoms with Crippen molar-refractivity contribution in [3.63, 3.8) is 0 Å². The van der Waals surface area contributed by atoms with E-state index >= 15 is 0 Å². The average Bonchev–Trinajstić information content (AvgIpc) is 2.79. The molecule has 2 aromatic carbocycles. The van der Waals surface area contributed by atoms with E-state index in [1.807, 2.05) is 60.7 Å². The summed E-state index contributed by atoms with van der Waals surface area (Å²) in [7, 11) is 0. The van der Waals surface area contributed by atoms with Gasteiger partial charge in [-0.25, -0.2) is 4.79 Å². The Kier molecular flexibility index (Phi) is 6.67. The van der Waals surface area contributed by atoms with E-state index in [0.29, 0.717) is 18.9 Å². The first-order valence-corrected chi connectivity index (χ1v) is 10.3. The molecule has 1 N–H and O–H groups in total. The lowest BCUT2D eigenvalue weighted by molar-refractivity contribution is -0.173. The summed E-state index contributed by atoms with van der Waals surface area (Å²) >= 11 is 6.23. The smallest absolute Gasteiger partial charge is 0.330 e. The molecule has 0 atom stereocenters. The Hall–Kier alpha value is -2.71. The van der Waals surface area contributed by atoms with Crippen LogP contribution < -0.4 is 11.2 Å². The standard InChI is InChI=1S/C23H23ClN2O5/c24-20-19-11-23(14-29-12-17-7-3-1-4-8-17,15-30-13-18-9-5-2-6-10-18)31-16-26(19)22(28)25-21(20)27/h1-10H,11-16H2,(H,25,27,28). The molecule has 0 aliphatic carbocycles. The number of hydrogen-bond acceptors (Lipinski definition) is 5. The molecule has 0 fully saturated rings. The van der Waals surface area contributed by atoms with Crippen LogP contribution in [0, 0.1) is 0 Å². The number of hydrogen-bond donors (Lipinski definition) is 1. The summed E-state index contributed by atoms with van der Waals surface area (Å²) in [6, 6.07) is 19.6. The minimum atomic E-state index is -0.882. The largest absolute Gasteiger partial charge is 0.374 e. The molecule has 0 radical (unpaired) electrons. The Morgan fingerprint density at radius 3 is 2.03 bits per heavy atom. The highest BCUT2D eigenvalue weighted by Crippen LogP contribution is 2.27. The normalized spacial score (nSPS) is 14.9. The molecule has 0 spiro atoms. The van der Waals surface area contributed by atoms with Crippen molar-refractivity contribution in [1.29, 1.82) is 0 Å². The van der Waals surface area contributed by atoms with Crippen LogP contribution in [-0.4, -0.2) is 28.4 Å². The molecule has 7 nitrogen and oxygen atoms in total. The van der Waals surface area contributed by atoms with Gasteiger partial charge in [-0.3, -0.25) is 14.3 Å². The minimum Gasteiger partial charge on any atom is -0.374 e. The quantitative estimate of drug-likeness (QED) is 0.580. The topological polar surface area (TPSA) is 82.6 Å². The first-order valence-electron chi connectivity index (χ1n) is 9.95. The SMILES string of the molecule is O=c1[nH]c(=O)n2c(c1Cl)CC(COCc1ccccc1)(COCc1ccccc1)OC2. The van der Waals surface area contributed by atoms with E-state index in [0.717, 1.165) is 11.1 Å². The molecule has 0 saturated heterocycles. The van der Waals surface area contributed by atoms with Crippen LogP contribution in [0.25, 0.3) is 0 Å². The van der Waals surface area contributed by atoms with Gasteiger partial charge in [0.05, 0.1) is 32.1 Å². The fraction of sp³-hybridized carbons (Fsp3) is 0.304. The van der Waals surface area contributed by atoms with Gasteiger partial charge >= 0.3 is 5.69 Å². The zero-order valence-electron chi connectivity index (χ0n) is 16.9. The van der Waals surface area contributed by atoms with Gasteiger partial charge in [0, 0.05) is 6.42 Å². The van der Waals surface area contributed by atoms with Crippen molar-refractivity contribution < 1.29 is 14.2 Å². The molecule has 2 heterocycles. The van der Waals surface area contributed by atoms with Crippen molar-refractivity contribution in [3.05, 3.63) is 103 Å². The summed E-state index contributed by atoms with van der Waals surface area (Å²) in [5, 5.41) is -0.0154. The third-order valence-electron chi connectivity index (χ3n) is 5.19. The predicted molar refractivity (Wildman–Crippen MR) is 116 cm³/mol. The van der Waals surface area contributed by atoms with Crippen LogP contribution in [0.1, 0.15) is 16.8 Å². The summed E-state index contributed by atoms with van der Waals surface area (Å²) in [5.41, 5.74) is 0.452. The maximum absolute atomic E-state index is 12.2. The zero-order valence-corrected chi connectivity index (χ0v) is 17.6. The van der Waals surface area contributed by atoms with E-state index in [1.165, 1.54) is 4.57 Å². The number of rotatable bonds is 8. The molecule has 162 valence electrons. The number of aromatic amines is 1. The number of benzene rings is 2. The lowest BCUT2D eigenvalue weighted by atomic mass is 9.97. The Morgan fingerprint density at radius 1 is 0.935 bits per heavy atom. The Balaban J connectivity index is 1.52. The molecule has 31 heavy (non-hydrogen) atoms. The van der Waals surface area contributed by atoms with Crippen LogP contribution in [0.15, 0.2) is 70.3 Å². The molecule has 3 aromatic rings. The second-order valence-electron chi connectivity index (χ2n) is 7.54. The van der Waals surface area contributed by atoms with E-state index in [2.05, 4.69) is 4.98 Å². The monoisotopic (exact) mass is 442 g/mol. The number of nitrogens with one attached hydrogen (secondary N) is 1. The van der Waals surface area contributed by atoms with Gasteiger partial charge in [0.2, 0.25) is 0 Å². The summed E-state index contributed by atoms with van der Waals surface area (Å²) in [6.07, 6.45) is 0.217. The molecule has 1 aromatic heterocycles. The number of ether oxygens (including phenoxy) is 3. The molecular weight excluding hydrogens is 420 g/mol. The second-order valence-corrected chi connectivity index (χ2v) is 7.92. The van der Waals surface area contributed by atoms with Gasteiger partial charge < -0.3 is 14.2 Å². The van der Waals surface area contributed by atoms with Crippen molar-refractivity contribution in [2.24, 2.45) is 0 Å². The van der Waals surface area contributed by atoms with E-state index < -0.39 is 16.9 Å². The van der Waals surface area contributed by atoms with Crippen molar-refractivity contribution in [3.8, 4) is 0 Å². The number of nitrogens with zero attached hydrogens (tertiary/aromatic N) is 1. The van der Waals surface area contributed by atoms with Crippen molar-refractivity contribution in [2.45, 2.75) is 32.0 Å². The van der Waals surface area contributed by atoms with Gasteiger partial charge in [-0.15, -0.1) is 0 Å². The van der Waals surface area contributed by atoms with Gasteiger partial charge in [0.25, 0.3) is 5.56 Å². The van der Waals surface area contributed by atoms with Crippen LogP contribution in [0.5, 0.6) is 0 Å². The molecule has 0 unspecified atom stereocenters. The molecule has 0 saturated carbocycles. The van der Waals surface area contributed by atoms with E-state index in [4.69, 9.17) is 25.8 Å². The summed E-state index contributed by atoms with van der Waals surface area (Å²) in [4.78, 5) is 26.4. The molecule has 8 heteroatoms. The maximum Gasteiger partial charge on any atom is 0.330 e. The molecule has 0 amide bonds. The minimum absolute atomic E-state index is 0.0154. The maximum atomic E-state index is 12.2. The molecular formula is C23H23ClN2O5. The number of H-pyrrole nitrogens is 1. The second kappa shape index (κ2) is 9.62. The predicted octanol–water partition coefficient (Wildman–Crippen LogP) is 2.89. The first-order chi connectivity index (χ1) is 15.1. The fourth-order valence-electron chi connectivity index (χ4n) is 3.54. The third-order valence-corrected chi connectivity index (χ3v) is 5.58. The average molecular weight is 443 g/mol. The van der Waals surface area contributed by atoms with Gasteiger partial charge in [0.1, 0.15) is 17.4 Å². The summed E-state index contributed by atoms with van der Waals surface area (Å²) in [5.74, 6) is 0. The van der Waals surface area contributed by atoms with Gasteiger partial charge in [-0.1, -0.05) is 72.3 Å². The number of halogens is 1. The molecule has 1 aliphatic heterocycles. The first kappa shape index (κ1) is 21.5. The zero-order chi connectivity index (χ0) is 21.7. The highest BCUT2D eigenvalue weighted by Gasteiger charge is 2.39. The van der Waals surface area contributed by atoms with Crippen LogP contribution >= 0.6 is 11.6 Å². The van der Waals surface area contributed by atoms with Crippen molar-refractivity contribution >= 4 is 11.6 Å². The summed E-state index contributed by atoms with van der Waals surface area (Å²) in [6.45, 7) is 1.19. The van der Waals surface area contributed by atoms with E-state index in [9.17, 15) is 9.59 Å². The lowest BCUT2D eigenvalue weighted by Gasteiger charge is -2.38.